The van der Waals surface area contributed by atoms with E-state index in [9.17, 15) is 0 Å². The first kappa shape index (κ1) is 5.35. The zero-order valence-corrected chi connectivity index (χ0v) is 6.13. The molecule has 0 aromatic heterocycles. The number of allylic oxidation sites excluding steroid dienone is 4. The lowest BCUT2D eigenvalue weighted by Crippen LogP contribution is -1.90. The van der Waals surface area contributed by atoms with Crippen LogP contribution in [0.5, 0.6) is 0 Å². The lowest BCUT2D eigenvalue weighted by molar-refractivity contribution is 1.09. The van der Waals surface area contributed by atoms with E-state index in [0.29, 0.717) is 0 Å². The van der Waals surface area contributed by atoms with Gasteiger partial charge in [0.15, 0.2) is 0 Å². The van der Waals surface area contributed by atoms with Crippen LogP contribution in [0.25, 0.3) is 0 Å². The molecule has 0 spiro atoms. The van der Waals surface area contributed by atoms with E-state index in [2.05, 4.69) is 46.9 Å². The molecule has 0 unspecified atom stereocenters. The second kappa shape index (κ2) is 2.50. The van der Waals surface area contributed by atoms with Gasteiger partial charge in [0.1, 0.15) is 0 Å². The lowest BCUT2D eigenvalue weighted by Gasteiger charge is -2.00. The Kier molecular flexibility index (Phi) is 1.91. The van der Waals surface area contributed by atoms with Crippen molar-refractivity contribution in [3.63, 3.8) is 0 Å². The molecule has 1 aliphatic carbocycles. The van der Waals surface area contributed by atoms with Crippen molar-refractivity contribution in [3.8, 4) is 0 Å². The smallest absolute Gasteiger partial charge is 0.0327 e. The van der Waals surface area contributed by atoms with E-state index in [1.54, 1.807) is 0 Å². The Morgan fingerprint density at radius 2 is 2.29 bits per heavy atom. The largest absolute Gasteiger partial charge is 0.0832 e. The van der Waals surface area contributed by atoms with Gasteiger partial charge in [0, 0.05) is 3.92 Å². The van der Waals surface area contributed by atoms with Gasteiger partial charge in [-0.05, 0) is 6.42 Å². The van der Waals surface area contributed by atoms with Crippen molar-refractivity contribution in [2.45, 2.75) is 10.3 Å². The molecular formula is C6H7I. The minimum atomic E-state index is 0.739. The summed E-state index contributed by atoms with van der Waals surface area (Å²) in [4.78, 5) is 0. The molecule has 7 heavy (non-hydrogen) atoms. The van der Waals surface area contributed by atoms with Crippen LogP contribution in [0.3, 0.4) is 0 Å². The van der Waals surface area contributed by atoms with Crippen LogP contribution in [0.1, 0.15) is 6.42 Å². The third-order valence-corrected chi connectivity index (χ3v) is 1.85. The fourth-order valence-electron chi connectivity index (χ4n) is 0.550. The predicted molar refractivity (Wildman–Crippen MR) is 40.7 cm³/mol. The monoisotopic (exact) mass is 206 g/mol. The van der Waals surface area contributed by atoms with E-state index in [4.69, 9.17) is 0 Å². The van der Waals surface area contributed by atoms with E-state index in [1.807, 2.05) is 0 Å². The van der Waals surface area contributed by atoms with Crippen molar-refractivity contribution in [1.82, 2.24) is 0 Å². The van der Waals surface area contributed by atoms with E-state index in [0.717, 1.165) is 3.92 Å². The molecule has 1 heteroatoms. The summed E-state index contributed by atoms with van der Waals surface area (Å²) in [5, 5.41) is 0. The second-order valence-corrected chi connectivity index (χ2v) is 3.16. The zero-order valence-electron chi connectivity index (χ0n) is 3.97. The molecular weight excluding hydrogens is 199 g/mol. The van der Waals surface area contributed by atoms with Crippen LogP contribution in [-0.2, 0) is 0 Å². The summed E-state index contributed by atoms with van der Waals surface area (Å²) in [5.41, 5.74) is 0. The van der Waals surface area contributed by atoms with Crippen LogP contribution in [0, 0.1) is 0 Å². The summed E-state index contributed by atoms with van der Waals surface area (Å²) in [6, 6.07) is 0. The van der Waals surface area contributed by atoms with Crippen LogP contribution in [-0.4, -0.2) is 3.92 Å². The van der Waals surface area contributed by atoms with E-state index in [-0.39, 0.29) is 0 Å². The van der Waals surface area contributed by atoms with Crippen LogP contribution >= 0.6 is 22.6 Å². The van der Waals surface area contributed by atoms with Gasteiger partial charge in [-0.25, -0.2) is 0 Å². The maximum Gasteiger partial charge on any atom is 0.0327 e. The first-order valence-electron chi connectivity index (χ1n) is 2.37. The van der Waals surface area contributed by atoms with Crippen LogP contribution in [0.4, 0.5) is 0 Å². The molecule has 0 amide bonds. The number of alkyl halides is 1. The summed E-state index contributed by atoms with van der Waals surface area (Å²) in [5.74, 6) is 0. The van der Waals surface area contributed by atoms with Crippen molar-refractivity contribution in [1.29, 1.82) is 0 Å². The Bertz CT molecular complexity index is 103. The summed E-state index contributed by atoms with van der Waals surface area (Å²) < 4.78 is 0.739. The molecule has 0 aliphatic heterocycles. The van der Waals surface area contributed by atoms with Gasteiger partial charge in [-0.2, -0.15) is 0 Å². The van der Waals surface area contributed by atoms with E-state index in [1.165, 1.54) is 6.42 Å². The molecule has 0 bridgehead atoms. The molecule has 0 heterocycles. The Labute approximate surface area is 57.4 Å². The quantitative estimate of drug-likeness (QED) is 0.421. The van der Waals surface area contributed by atoms with Crippen molar-refractivity contribution < 1.29 is 0 Å². The number of hydrogen-bond acceptors (Lipinski definition) is 0. The maximum atomic E-state index is 2.42. The van der Waals surface area contributed by atoms with Gasteiger partial charge in [0.25, 0.3) is 0 Å². The van der Waals surface area contributed by atoms with Crippen molar-refractivity contribution >= 4 is 22.6 Å². The topological polar surface area (TPSA) is 0 Å². The highest BCUT2D eigenvalue weighted by molar-refractivity contribution is 14.1. The van der Waals surface area contributed by atoms with Gasteiger partial charge >= 0.3 is 0 Å². The Hall–Kier alpha value is 0.210. The fourth-order valence-corrected chi connectivity index (χ4v) is 1.08. The molecule has 0 fully saturated rings. The average molecular weight is 206 g/mol. The van der Waals surface area contributed by atoms with Crippen LogP contribution in [0.15, 0.2) is 24.3 Å². The maximum absolute atomic E-state index is 2.42. The molecule has 0 saturated carbocycles. The minimum absolute atomic E-state index is 0.739. The normalized spacial score (nSPS) is 28.4. The highest BCUT2D eigenvalue weighted by Crippen LogP contribution is 2.11. The Morgan fingerprint density at radius 3 is 2.57 bits per heavy atom. The summed E-state index contributed by atoms with van der Waals surface area (Å²) in [6.07, 6.45) is 9.80. The molecule has 0 aromatic carbocycles. The average Bonchev–Trinajstić information content (AvgIpc) is 1.69. The second-order valence-electron chi connectivity index (χ2n) is 1.56. The zero-order chi connectivity index (χ0) is 5.11. The molecule has 0 aromatic rings. The van der Waals surface area contributed by atoms with Gasteiger partial charge < -0.3 is 0 Å². The molecule has 0 radical (unpaired) electrons. The van der Waals surface area contributed by atoms with E-state index >= 15 is 0 Å². The van der Waals surface area contributed by atoms with Crippen molar-refractivity contribution in [3.05, 3.63) is 24.3 Å². The number of hydrogen-bond donors (Lipinski definition) is 0. The van der Waals surface area contributed by atoms with Crippen LogP contribution in [0.2, 0.25) is 0 Å². The van der Waals surface area contributed by atoms with Crippen LogP contribution < -0.4 is 0 Å². The first-order valence-corrected chi connectivity index (χ1v) is 3.61. The third kappa shape index (κ3) is 1.63. The lowest BCUT2D eigenvalue weighted by atomic mass is 10.2. The first-order chi connectivity index (χ1) is 3.39. The molecule has 0 N–H and O–H groups in total. The Morgan fingerprint density at radius 1 is 1.43 bits per heavy atom. The summed E-state index contributed by atoms with van der Waals surface area (Å²) >= 11 is 2.42. The molecule has 0 saturated heterocycles. The predicted octanol–water partition coefficient (Wildman–Crippen LogP) is 2.31. The number of rotatable bonds is 0. The number of halogens is 1. The molecule has 1 rings (SSSR count). The van der Waals surface area contributed by atoms with Gasteiger partial charge in [0.2, 0.25) is 0 Å². The highest BCUT2D eigenvalue weighted by atomic mass is 127. The van der Waals surface area contributed by atoms with Gasteiger partial charge in [-0.15, -0.1) is 0 Å². The van der Waals surface area contributed by atoms with Gasteiger partial charge in [-0.1, -0.05) is 46.9 Å². The summed E-state index contributed by atoms with van der Waals surface area (Å²) in [6.45, 7) is 0. The highest BCUT2D eigenvalue weighted by Gasteiger charge is 1.95. The van der Waals surface area contributed by atoms with Crippen molar-refractivity contribution in [2.24, 2.45) is 0 Å². The Balaban J connectivity index is 2.49. The SMILES string of the molecule is I[C@@H]1C=CC=CC1. The fraction of sp³-hybridized carbons (Fsp3) is 0.333. The third-order valence-electron chi connectivity index (χ3n) is 0.928. The standard InChI is InChI=1S/C6H7I/c7-6-4-2-1-3-5-6/h1-4,6H,5H2/t6-/m1/s1. The molecule has 0 nitrogen and oxygen atoms in total. The van der Waals surface area contributed by atoms with Gasteiger partial charge in [0.05, 0.1) is 0 Å². The minimum Gasteiger partial charge on any atom is -0.0832 e. The molecule has 38 valence electrons. The molecule has 1 aliphatic rings. The summed E-state index contributed by atoms with van der Waals surface area (Å²) in [7, 11) is 0. The molecule has 1 atom stereocenters. The van der Waals surface area contributed by atoms with Crippen molar-refractivity contribution in [2.75, 3.05) is 0 Å². The van der Waals surface area contributed by atoms with E-state index < -0.39 is 0 Å². The van der Waals surface area contributed by atoms with Gasteiger partial charge in [-0.3, -0.25) is 0 Å².